The Morgan fingerprint density at radius 3 is 2.48 bits per heavy atom. The van der Waals surface area contributed by atoms with Crippen molar-refractivity contribution in [2.75, 3.05) is 39.5 Å². The van der Waals surface area contributed by atoms with Gasteiger partial charge in [-0.05, 0) is 50.7 Å². The van der Waals surface area contributed by atoms with Gasteiger partial charge in [-0.25, -0.2) is 0 Å². The third-order valence-corrected chi connectivity index (χ3v) is 7.10. The number of rotatable bonds is 7. The van der Waals surface area contributed by atoms with Crippen LogP contribution in [0.2, 0.25) is 0 Å². The number of nitrogens with zero attached hydrogens (tertiary/aromatic N) is 1. The van der Waals surface area contributed by atoms with Gasteiger partial charge in [0, 0.05) is 44.2 Å². The molecule has 2 aliphatic rings. The normalized spacial score (nSPS) is 23.2. The Balaban J connectivity index is 1.45. The number of nitrogens with one attached hydrogen (secondary N) is 2. The van der Waals surface area contributed by atoms with Gasteiger partial charge < -0.3 is 20.1 Å². The van der Waals surface area contributed by atoms with Crippen LogP contribution in [0.5, 0.6) is 0 Å². The van der Waals surface area contributed by atoms with Crippen molar-refractivity contribution < 1.29 is 9.47 Å². The lowest BCUT2D eigenvalue weighted by atomic mass is 9.74. The summed E-state index contributed by atoms with van der Waals surface area (Å²) < 4.78 is 11.9. The molecule has 2 atom stereocenters. The molecule has 2 aliphatic heterocycles. The quantitative estimate of drug-likeness (QED) is 0.472. The minimum Gasteiger partial charge on any atom is -0.381 e. The molecule has 2 unspecified atom stereocenters. The monoisotopic (exact) mass is 449 g/mol. The maximum atomic E-state index is 6.22. The Morgan fingerprint density at radius 1 is 1.00 bits per heavy atom. The first-order valence-electron chi connectivity index (χ1n) is 12.5. The van der Waals surface area contributed by atoms with Crippen LogP contribution in [0.1, 0.15) is 55.4 Å². The van der Waals surface area contributed by atoms with Crippen molar-refractivity contribution in [1.29, 1.82) is 0 Å². The SMILES string of the molecule is CCNC(=NCC1(c2ccccc2)CCOCC1)NCC1CCCOC1c1ccc(C)cc1. The first kappa shape index (κ1) is 23.8. The zero-order chi connectivity index (χ0) is 22.9. The zero-order valence-corrected chi connectivity index (χ0v) is 20.2. The molecule has 2 aromatic carbocycles. The predicted molar refractivity (Wildman–Crippen MR) is 135 cm³/mol. The van der Waals surface area contributed by atoms with Crippen LogP contribution in [0.4, 0.5) is 0 Å². The number of benzene rings is 2. The lowest BCUT2D eigenvalue weighted by molar-refractivity contribution is -0.0265. The molecule has 5 heteroatoms. The molecule has 0 spiro atoms. The summed E-state index contributed by atoms with van der Waals surface area (Å²) in [6, 6.07) is 19.6. The fourth-order valence-electron chi connectivity index (χ4n) is 5.07. The van der Waals surface area contributed by atoms with Crippen LogP contribution >= 0.6 is 0 Å². The van der Waals surface area contributed by atoms with E-state index in [-0.39, 0.29) is 11.5 Å². The summed E-state index contributed by atoms with van der Waals surface area (Å²) >= 11 is 0. The van der Waals surface area contributed by atoms with Gasteiger partial charge >= 0.3 is 0 Å². The van der Waals surface area contributed by atoms with Gasteiger partial charge in [0.15, 0.2) is 5.96 Å². The average Bonchev–Trinajstić information content (AvgIpc) is 2.87. The molecule has 2 saturated heterocycles. The maximum Gasteiger partial charge on any atom is 0.191 e. The standard InChI is InChI=1S/C28H39N3O2/c1-3-29-27(31-21-28(15-18-32-19-16-28)25-9-5-4-6-10-25)30-20-24-8-7-17-33-26(24)23-13-11-22(2)12-14-23/h4-6,9-14,24,26H,3,7-8,15-21H2,1-2H3,(H2,29,30,31). The first-order valence-corrected chi connectivity index (χ1v) is 12.5. The summed E-state index contributed by atoms with van der Waals surface area (Å²) in [5.41, 5.74) is 3.97. The van der Waals surface area contributed by atoms with E-state index in [1.165, 1.54) is 16.7 Å². The molecule has 2 N–H and O–H groups in total. The zero-order valence-electron chi connectivity index (χ0n) is 20.2. The minimum atomic E-state index is 0.0419. The molecule has 0 radical (unpaired) electrons. The summed E-state index contributed by atoms with van der Waals surface area (Å²) in [4.78, 5) is 5.08. The lowest BCUT2D eigenvalue weighted by Gasteiger charge is -2.37. The lowest BCUT2D eigenvalue weighted by Crippen LogP contribution is -2.43. The highest BCUT2D eigenvalue weighted by atomic mass is 16.5. The Bertz CT molecular complexity index is 876. The second kappa shape index (κ2) is 11.7. The van der Waals surface area contributed by atoms with E-state index in [1.807, 2.05) is 0 Å². The van der Waals surface area contributed by atoms with Gasteiger partial charge in [-0.1, -0.05) is 60.2 Å². The smallest absolute Gasteiger partial charge is 0.191 e. The van der Waals surface area contributed by atoms with Crippen LogP contribution in [0, 0.1) is 12.8 Å². The van der Waals surface area contributed by atoms with Crippen molar-refractivity contribution in [3.05, 3.63) is 71.3 Å². The number of guanidine groups is 1. The van der Waals surface area contributed by atoms with Crippen LogP contribution in [0.15, 0.2) is 59.6 Å². The molecule has 4 rings (SSSR count). The first-order chi connectivity index (χ1) is 16.2. The molecule has 0 aliphatic carbocycles. The predicted octanol–water partition coefficient (Wildman–Crippen LogP) is 4.77. The van der Waals surface area contributed by atoms with E-state index in [2.05, 4.69) is 79.1 Å². The molecule has 178 valence electrons. The van der Waals surface area contributed by atoms with Crippen molar-refractivity contribution >= 4 is 5.96 Å². The number of aliphatic imine (C=N–C) groups is 1. The van der Waals surface area contributed by atoms with E-state index in [0.29, 0.717) is 5.92 Å². The Kier molecular flexibility index (Phi) is 8.40. The fraction of sp³-hybridized carbons (Fsp3) is 0.536. The van der Waals surface area contributed by atoms with Gasteiger partial charge in [0.25, 0.3) is 0 Å². The topological polar surface area (TPSA) is 54.9 Å². The van der Waals surface area contributed by atoms with Crippen LogP contribution in [0.25, 0.3) is 0 Å². The van der Waals surface area contributed by atoms with E-state index in [0.717, 1.165) is 71.1 Å². The van der Waals surface area contributed by atoms with E-state index < -0.39 is 0 Å². The average molecular weight is 450 g/mol. The number of aryl methyl sites for hydroxylation is 1. The second-order valence-electron chi connectivity index (χ2n) is 9.44. The maximum absolute atomic E-state index is 6.22. The van der Waals surface area contributed by atoms with Crippen LogP contribution in [-0.2, 0) is 14.9 Å². The summed E-state index contributed by atoms with van der Waals surface area (Å²) in [6.45, 7) is 9.14. The highest BCUT2D eigenvalue weighted by Crippen LogP contribution is 2.35. The van der Waals surface area contributed by atoms with Crippen molar-refractivity contribution in [3.8, 4) is 0 Å². The third-order valence-electron chi connectivity index (χ3n) is 7.10. The summed E-state index contributed by atoms with van der Waals surface area (Å²) in [6.07, 6.45) is 4.42. The van der Waals surface area contributed by atoms with Gasteiger partial charge in [0.2, 0.25) is 0 Å². The second-order valence-corrected chi connectivity index (χ2v) is 9.44. The molecule has 0 bridgehead atoms. The van der Waals surface area contributed by atoms with Gasteiger partial charge in [0.1, 0.15) is 0 Å². The molecule has 0 aromatic heterocycles. The van der Waals surface area contributed by atoms with Crippen molar-refractivity contribution in [1.82, 2.24) is 10.6 Å². The molecule has 2 aromatic rings. The van der Waals surface area contributed by atoms with E-state index in [4.69, 9.17) is 14.5 Å². The van der Waals surface area contributed by atoms with Crippen molar-refractivity contribution in [2.24, 2.45) is 10.9 Å². The van der Waals surface area contributed by atoms with Crippen LogP contribution in [-0.4, -0.2) is 45.4 Å². The molecule has 33 heavy (non-hydrogen) atoms. The van der Waals surface area contributed by atoms with E-state index in [9.17, 15) is 0 Å². The molecule has 2 heterocycles. The summed E-state index contributed by atoms with van der Waals surface area (Å²) in [5, 5.41) is 7.10. The molecule has 5 nitrogen and oxygen atoms in total. The molecular formula is C28H39N3O2. The highest BCUT2D eigenvalue weighted by Gasteiger charge is 2.34. The Morgan fingerprint density at radius 2 is 1.76 bits per heavy atom. The minimum absolute atomic E-state index is 0.0419. The third kappa shape index (κ3) is 6.15. The molecule has 2 fully saturated rings. The van der Waals surface area contributed by atoms with Crippen molar-refractivity contribution in [3.63, 3.8) is 0 Å². The molecule has 0 saturated carbocycles. The molecular weight excluding hydrogens is 410 g/mol. The van der Waals surface area contributed by atoms with Gasteiger partial charge in [-0.15, -0.1) is 0 Å². The van der Waals surface area contributed by atoms with E-state index >= 15 is 0 Å². The largest absolute Gasteiger partial charge is 0.381 e. The van der Waals surface area contributed by atoms with Crippen LogP contribution in [0.3, 0.4) is 0 Å². The van der Waals surface area contributed by atoms with Crippen LogP contribution < -0.4 is 10.6 Å². The van der Waals surface area contributed by atoms with E-state index in [1.54, 1.807) is 0 Å². The van der Waals surface area contributed by atoms with Gasteiger partial charge in [-0.3, -0.25) is 4.99 Å². The molecule has 0 amide bonds. The Hall–Kier alpha value is -2.37. The van der Waals surface area contributed by atoms with Gasteiger partial charge in [0.05, 0.1) is 12.6 Å². The summed E-state index contributed by atoms with van der Waals surface area (Å²) in [7, 11) is 0. The van der Waals surface area contributed by atoms with Gasteiger partial charge in [-0.2, -0.15) is 0 Å². The fourth-order valence-corrected chi connectivity index (χ4v) is 5.07. The highest BCUT2D eigenvalue weighted by molar-refractivity contribution is 5.79. The Labute approximate surface area is 199 Å². The summed E-state index contributed by atoms with van der Waals surface area (Å²) in [5.74, 6) is 1.32. The van der Waals surface area contributed by atoms with Crippen molar-refractivity contribution in [2.45, 2.75) is 51.0 Å². The number of ether oxygens (including phenoxy) is 2. The number of hydrogen-bond acceptors (Lipinski definition) is 3. The number of hydrogen-bond donors (Lipinski definition) is 2.